The molecule has 4 nitrogen and oxygen atoms in total. The lowest BCUT2D eigenvalue weighted by molar-refractivity contribution is -0.142. The van der Waals surface area contributed by atoms with Crippen LogP contribution in [0, 0.1) is 11.7 Å². The van der Waals surface area contributed by atoms with Gasteiger partial charge >= 0.3 is 5.97 Å². The van der Waals surface area contributed by atoms with E-state index < -0.39 is 23.7 Å². The summed E-state index contributed by atoms with van der Waals surface area (Å²) in [5.74, 6) is -2.59. The first-order valence-corrected chi connectivity index (χ1v) is 7.27. The van der Waals surface area contributed by atoms with E-state index in [4.69, 9.17) is 0 Å². The highest BCUT2D eigenvalue weighted by molar-refractivity contribution is 9.10. The fourth-order valence-electron chi connectivity index (χ4n) is 2.87. The summed E-state index contributed by atoms with van der Waals surface area (Å²) in [4.78, 5) is 25.0. The molecular weight excluding hydrogens is 329 g/mol. The number of nitrogens with zero attached hydrogens (tertiary/aromatic N) is 1. The van der Waals surface area contributed by atoms with E-state index in [2.05, 4.69) is 15.9 Å². The summed E-state index contributed by atoms with van der Waals surface area (Å²) in [6.45, 7) is 0. The number of carbonyl (C=O) groups is 2. The van der Waals surface area contributed by atoms with E-state index in [0.29, 0.717) is 10.0 Å². The number of halogens is 2. The van der Waals surface area contributed by atoms with E-state index in [0.717, 1.165) is 12.8 Å². The highest BCUT2D eigenvalue weighted by Crippen LogP contribution is 2.45. The van der Waals surface area contributed by atoms with Gasteiger partial charge in [0.1, 0.15) is 5.82 Å². The van der Waals surface area contributed by atoms with E-state index >= 15 is 0 Å². The van der Waals surface area contributed by atoms with Gasteiger partial charge in [-0.05, 0) is 25.0 Å². The van der Waals surface area contributed by atoms with Gasteiger partial charge in [0.15, 0.2) is 0 Å². The Kier molecular flexibility index (Phi) is 3.28. The monoisotopic (exact) mass is 341 g/mol. The van der Waals surface area contributed by atoms with Gasteiger partial charge in [0.25, 0.3) is 0 Å². The summed E-state index contributed by atoms with van der Waals surface area (Å²) < 4.78 is 14.8. The van der Waals surface area contributed by atoms with Gasteiger partial charge in [-0.1, -0.05) is 22.0 Å². The number of benzene rings is 1. The number of carboxylic acid groups (broad SMARTS) is 1. The number of aliphatic carboxylic acids is 1. The zero-order chi connectivity index (χ0) is 14.4. The number of amides is 1. The van der Waals surface area contributed by atoms with Crippen LogP contribution in [0.3, 0.4) is 0 Å². The number of hydrogen-bond donors (Lipinski definition) is 1. The van der Waals surface area contributed by atoms with Crippen molar-refractivity contribution in [3.63, 3.8) is 0 Å². The number of carboxylic acids is 1. The van der Waals surface area contributed by atoms with Gasteiger partial charge in [-0.3, -0.25) is 9.59 Å². The Bertz CT molecular complexity index is 588. The fourth-order valence-corrected chi connectivity index (χ4v) is 3.20. The van der Waals surface area contributed by atoms with Crippen LogP contribution >= 0.6 is 15.9 Å². The maximum Gasteiger partial charge on any atom is 0.309 e. The molecule has 1 aliphatic heterocycles. The van der Waals surface area contributed by atoms with Crippen molar-refractivity contribution in [2.75, 3.05) is 0 Å². The summed E-state index contributed by atoms with van der Waals surface area (Å²) in [6, 6.07) is 3.92. The van der Waals surface area contributed by atoms with Crippen LogP contribution in [0.5, 0.6) is 0 Å². The molecule has 0 bridgehead atoms. The van der Waals surface area contributed by atoms with Crippen LogP contribution in [-0.2, 0) is 9.59 Å². The molecule has 20 heavy (non-hydrogen) atoms. The zero-order valence-corrected chi connectivity index (χ0v) is 12.1. The molecule has 0 aromatic heterocycles. The Balaban J connectivity index is 2.05. The minimum absolute atomic E-state index is 0.0496. The summed E-state index contributed by atoms with van der Waals surface area (Å²) in [7, 11) is 0. The number of carbonyl (C=O) groups excluding carboxylic acids is 1. The first-order chi connectivity index (χ1) is 9.49. The highest BCUT2D eigenvalue weighted by Gasteiger charge is 2.50. The number of hydrogen-bond acceptors (Lipinski definition) is 2. The van der Waals surface area contributed by atoms with Gasteiger partial charge in [-0.15, -0.1) is 0 Å². The Morgan fingerprint density at radius 2 is 2.10 bits per heavy atom. The maximum atomic E-state index is 14.2. The molecule has 1 heterocycles. The predicted octanol–water partition coefficient (Wildman–Crippen LogP) is 2.72. The lowest BCUT2D eigenvalue weighted by atomic mass is 9.93. The van der Waals surface area contributed by atoms with Crippen molar-refractivity contribution in [1.29, 1.82) is 0 Å². The lowest BCUT2D eigenvalue weighted by Crippen LogP contribution is -2.33. The second-order valence-corrected chi connectivity index (χ2v) is 6.21. The standard InChI is InChI=1S/C14H13BrFNO3/c15-7-1-4-9(11(16)5-7)13-10(14(19)20)6-12(18)17(13)8-2-3-8/h1,4-5,8,10,13H,2-3,6H2,(H,19,20). The molecule has 2 unspecified atom stereocenters. The Morgan fingerprint density at radius 1 is 1.40 bits per heavy atom. The van der Waals surface area contributed by atoms with Crippen molar-refractivity contribution in [2.45, 2.75) is 31.3 Å². The molecule has 1 saturated heterocycles. The van der Waals surface area contributed by atoms with Crippen molar-refractivity contribution in [2.24, 2.45) is 5.92 Å². The second-order valence-electron chi connectivity index (χ2n) is 5.29. The van der Waals surface area contributed by atoms with Crippen LogP contribution in [0.2, 0.25) is 0 Å². The van der Waals surface area contributed by atoms with E-state index in [-0.39, 0.29) is 18.4 Å². The van der Waals surface area contributed by atoms with Gasteiger partial charge in [-0.2, -0.15) is 0 Å². The van der Waals surface area contributed by atoms with Crippen LogP contribution < -0.4 is 0 Å². The summed E-state index contributed by atoms with van der Waals surface area (Å²) in [5, 5.41) is 9.32. The average Bonchev–Trinajstić information content (AvgIpc) is 3.13. The molecule has 2 aliphatic rings. The van der Waals surface area contributed by atoms with Crippen LogP contribution in [0.15, 0.2) is 22.7 Å². The molecule has 1 amide bonds. The summed E-state index contributed by atoms with van der Waals surface area (Å²) in [5.41, 5.74) is 0.290. The Morgan fingerprint density at radius 3 is 2.65 bits per heavy atom. The van der Waals surface area contributed by atoms with Gasteiger partial charge in [0.05, 0.1) is 12.0 Å². The topological polar surface area (TPSA) is 57.6 Å². The van der Waals surface area contributed by atoms with E-state index in [1.807, 2.05) is 0 Å². The summed E-state index contributed by atoms with van der Waals surface area (Å²) >= 11 is 3.18. The van der Waals surface area contributed by atoms with Crippen molar-refractivity contribution in [1.82, 2.24) is 4.90 Å². The molecule has 0 spiro atoms. The predicted molar refractivity (Wildman–Crippen MR) is 72.5 cm³/mol. The number of rotatable bonds is 3. The molecule has 2 fully saturated rings. The molecule has 1 aromatic rings. The van der Waals surface area contributed by atoms with Gasteiger partial charge in [-0.25, -0.2) is 4.39 Å². The smallest absolute Gasteiger partial charge is 0.309 e. The van der Waals surface area contributed by atoms with Gasteiger partial charge < -0.3 is 10.0 Å². The van der Waals surface area contributed by atoms with Crippen molar-refractivity contribution in [3.8, 4) is 0 Å². The molecule has 1 saturated carbocycles. The van der Waals surface area contributed by atoms with Crippen molar-refractivity contribution >= 4 is 27.8 Å². The molecule has 1 N–H and O–H groups in total. The Labute approximate surface area is 123 Å². The minimum Gasteiger partial charge on any atom is -0.481 e. The second kappa shape index (κ2) is 4.84. The van der Waals surface area contributed by atoms with Crippen molar-refractivity contribution in [3.05, 3.63) is 34.1 Å². The van der Waals surface area contributed by atoms with Gasteiger partial charge in [0, 0.05) is 22.5 Å². The van der Waals surface area contributed by atoms with Crippen LogP contribution in [0.1, 0.15) is 30.9 Å². The molecule has 3 rings (SSSR count). The molecule has 1 aliphatic carbocycles. The normalized spacial score (nSPS) is 26.1. The average molecular weight is 342 g/mol. The van der Waals surface area contributed by atoms with E-state index in [1.165, 1.54) is 6.07 Å². The molecule has 6 heteroatoms. The minimum atomic E-state index is -1.05. The first-order valence-electron chi connectivity index (χ1n) is 6.48. The molecular formula is C14H13BrFNO3. The maximum absolute atomic E-state index is 14.2. The van der Waals surface area contributed by atoms with Crippen molar-refractivity contribution < 1.29 is 19.1 Å². The molecule has 2 atom stereocenters. The van der Waals surface area contributed by atoms with Crippen LogP contribution in [-0.4, -0.2) is 27.9 Å². The van der Waals surface area contributed by atoms with Crippen LogP contribution in [0.4, 0.5) is 4.39 Å². The highest BCUT2D eigenvalue weighted by atomic mass is 79.9. The third kappa shape index (κ3) is 2.22. The zero-order valence-electron chi connectivity index (χ0n) is 10.6. The third-order valence-electron chi connectivity index (χ3n) is 3.90. The first kappa shape index (κ1) is 13.5. The quantitative estimate of drug-likeness (QED) is 0.919. The molecule has 106 valence electrons. The summed E-state index contributed by atoms with van der Waals surface area (Å²) in [6.07, 6.45) is 1.69. The van der Waals surface area contributed by atoms with E-state index in [1.54, 1.807) is 17.0 Å². The molecule has 1 aromatic carbocycles. The third-order valence-corrected chi connectivity index (χ3v) is 4.40. The lowest BCUT2D eigenvalue weighted by Gasteiger charge is -2.27. The SMILES string of the molecule is O=C(O)C1CC(=O)N(C2CC2)C1c1ccc(Br)cc1F. The van der Waals surface area contributed by atoms with Gasteiger partial charge in [0.2, 0.25) is 5.91 Å². The fraction of sp³-hybridized carbons (Fsp3) is 0.429. The largest absolute Gasteiger partial charge is 0.481 e. The van der Waals surface area contributed by atoms with Crippen LogP contribution in [0.25, 0.3) is 0 Å². The number of likely N-dealkylation sites (tertiary alicyclic amines) is 1. The Hall–Kier alpha value is -1.43. The molecule has 0 radical (unpaired) electrons. The van der Waals surface area contributed by atoms with E-state index in [9.17, 15) is 19.1 Å².